The van der Waals surface area contributed by atoms with Crippen LogP contribution in [0.1, 0.15) is 41.6 Å². The van der Waals surface area contributed by atoms with Crippen molar-refractivity contribution in [2.75, 3.05) is 0 Å². The minimum Gasteiger partial charge on any atom is -0.388 e. The molecule has 1 fully saturated rings. The molecule has 0 spiro atoms. The summed E-state index contributed by atoms with van der Waals surface area (Å²) in [4.78, 5) is 0. The second kappa shape index (κ2) is 5.55. The summed E-state index contributed by atoms with van der Waals surface area (Å²) in [6.07, 6.45) is 2.30. The van der Waals surface area contributed by atoms with Crippen LogP contribution >= 0.6 is 11.6 Å². The first-order valence-electron chi connectivity index (χ1n) is 6.85. The smallest absolute Gasteiger partial charge is 0.142 e. The van der Waals surface area contributed by atoms with Crippen molar-refractivity contribution in [1.82, 2.24) is 0 Å². The van der Waals surface area contributed by atoms with Gasteiger partial charge in [0, 0.05) is 6.42 Å². The van der Waals surface area contributed by atoms with Gasteiger partial charge in [-0.3, -0.25) is 0 Å². The van der Waals surface area contributed by atoms with Gasteiger partial charge < -0.3 is 5.11 Å². The highest BCUT2D eigenvalue weighted by atomic mass is 35.5. The van der Waals surface area contributed by atoms with E-state index in [0.29, 0.717) is 12.3 Å². The second-order valence-electron chi connectivity index (χ2n) is 5.41. The van der Waals surface area contributed by atoms with E-state index < -0.39 is 11.9 Å². The van der Waals surface area contributed by atoms with Crippen LogP contribution in [0.25, 0.3) is 0 Å². The molecule has 0 bridgehead atoms. The van der Waals surface area contributed by atoms with Gasteiger partial charge in [0.25, 0.3) is 0 Å². The van der Waals surface area contributed by atoms with Gasteiger partial charge in [0.2, 0.25) is 0 Å². The highest BCUT2D eigenvalue weighted by Crippen LogP contribution is 2.40. The number of rotatable bonds is 4. The van der Waals surface area contributed by atoms with Crippen LogP contribution in [-0.2, 0) is 6.42 Å². The lowest BCUT2D eigenvalue weighted by molar-refractivity contribution is 0.178. The van der Waals surface area contributed by atoms with E-state index in [9.17, 15) is 9.50 Å². The molecular weight excluding hydrogens is 275 g/mol. The molecule has 1 aliphatic carbocycles. The first-order valence-corrected chi connectivity index (χ1v) is 7.23. The summed E-state index contributed by atoms with van der Waals surface area (Å²) in [6.45, 7) is 0. The number of hydrogen-bond donors (Lipinski definition) is 1. The molecule has 0 aromatic heterocycles. The fourth-order valence-corrected chi connectivity index (χ4v) is 2.53. The summed E-state index contributed by atoms with van der Waals surface area (Å²) in [7, 11) is 0. The van der Waals surface area contributed by atoms with Crippen LogP contribution in [-0.4, -0.2) is 5.11 Å². The van der Waals surface area contributed by atoms with Crippen molar-refractivity contribution < 1.29 is 9.50 Å². The molecule has 1 saturated carbocycles. The lowest BCUT2D eigenvalue weighted by Gasteiger charge is -2.12. The molecule has 0 radical (unpaired) electrons. The minimum absolute atomic E-state index is 0.108. The van der Waals surface area contributed by atoms with Crippen LogP contribution in [0.3, 0.4) is 0 Å². The molecule has 1 nitrogen and oxygen atoms in total. The third-order valence-corrected chi connectivity index (χ3v) is 4.09. The van der Waals surface area contributed by atoms with Gasteiger partial charge >= 0.3 is 0 Å². The molecule has 1 aliphatic rings. The first-order chi connectivity index (χ1) is 9.63. The Morgan fingerprint density at radius 1 is 1.15 bits per heavy atom. The molecule has 0 aliphatic heterocycles. The fourth-order valence-electron chi connectivity index (χ4n) is 2.41. The Balaban J connectivity index is 1.71. The van der Waals surface area contributed by atoms with Gasteiger partial charge in [0.15, 0.2) is 0 Å². The monoisotopic (exact) mass is 290 g/mol. The van der Waals surface area contributed by atoms with Crippen molar-refractivity contribution in [3.05, 3.63) is 70.0 Å². The molecule has 2 aromatic rings. The Bertz CT molecular complexity index is 605. The summed E-state index contributed by atoms with van der Waals surface area (Å²) in [5, 5.41) is 10.3. The Hall–Kier alpha value is -1.38. The fraction of sp³-hybridized carbons (Fsp3) is 0.294. The van der Waals surface area contributed by atoms with E-state index in [2.05, 4.69) is 12.1 Å². The Labute approximate surface area is 123 Å². The first kappa shape index (κ1) is 13.6. The van der Waals surface area contributed by atoms with Crippen LogP contribution in [0, 0.1) is 5.82 Å². The number of halogens is 2. The molecule has 1 atom stereocenters. The van der Waals surface area contributed by atoms with Crippen molar-refractivity contribution >= 4 is 11.6 Å². The van der Waals surface area contributed by atoms with Crippen LogP contribution < -0.4 is 0 Å². The van der Waals surface area contributed by atoms with Crippen molar-refractivity contribution in [2.45, 2.75) is 31.3 Å². The van der Waals surface area contributed by atoms with E-state index in [1.807, 2.05) is 12.1 Å². The number of benzene rings is 2. The quantitative estimate of drug-likeness (QED) is 0.870. The molecule has 3 heteroatoms. The summed E-state index contributed by atoms with van der Waals surface area (Å²) in [5.74, 6) is 0.270. The predicted octanol–water partition coefficient (Wildman–Crippen LogP) is 4.63. The number of aliphatic hydroxyl groups is 1. The standard InChI is InChI=1S/C17H16ClFO/c18-15-8-1-11(9-16(15)19)10-17(20)14-6-4-13(5-7-14)12-2-3-12/h1,4-9,12,17,20H,2-3,10H2. The van der Waals surface area contributed by atoms with Gasteiger partial charge in [-0.05, 0) is 47.6 Å². The summed E-state index contributed by atoms with van der Waals surface area (Å²) < 4.78 is 13.4. The van der Waals surface area contributed by atoms with E-state index in [1.165, 1.54) is 30.5 Å². The molecule has 1 unspecified atom stereocenters. The van der Waals surface area contributed by atoms with Crippen LogP contribution in [0.5, 0.6) is 0 Å². The van der Waals surface area contributed by atoms with Gasteiger partial charge in [0.05, 0.1) is 11.1 Å². The minimum atomic E-state index is -0.621. The van der Waals surface area contributed by atoms with Crippen molar-refractivity contribution in [1.29, 1.82) is 0 Å². The van der Waals surface area contributed by atoms with E-state index >= 15 is 0 Å². The Morgan fingerprint density at radius 3 is 2.45 bits per heavy atom. The van der Waals surface area contributed by atoms with Crippen LogP contribution in [0.15, 0.2) is 42.5 Å². The normalized spacial score (nSPS) is 16.1. The van der Waals surface area contributed by atoms with Gasteiger partial charge in [0.1, 0.15) is 5.82 Å². The van der Waals surface area contributed by atoms with Gasteiger partial charge in [-0.15, -0.1) is 0 Å². The molecular formula is C17H16ClFO. The van der Waals surface area contributed by atoms with E-state index in [1.54, 1.807) is 6.07 Å². The molecule has 20 heavy (non-hydrogen) atoms. The highest BCUT2D eigenvalue weighted by molar-refractivity contribution is 6.30. The van der Waals surface area contributed by atoms with Crippen LogP contribution in [0.2, 0.25) is 5.02 Å². The predicted molar refractivity (Wildman–Crippen MR) is 78.5 cm³/mol. The van der Waals surface area contributed by atoms with Crippen molar-refractivity contribution in [2.24, 2.45) is 0 Å². The molecule has 0 amide bonds. The van der Waals surface area contributed by atoms with Crippen LogP contribution in [0.4, 0.5) is 4.39 Å². The summed E-state index contributed by atoms with van der Waals surface area (Å²) in [6, 6.07) is 12.7. The zero-order valence-corrected chi connectivity index (χ0v) is 11.8. The van der Waals surface area contributed by atoms with E-state index in [-0.39, 0.29) is 5.02 Å². The van der Waals surface area contributed by atoms with Crippen molar-refractivity contribution in [3.63, 3.8) is 0 Å². The molecule has 1 N–H and O–H groups in total. The van der Waals surface area contributed by atoms with Crippen molar-refractivity contribution in [3.8, 4) is 0 Å². The maximum absolute atomic E-state index is 13.4. The molecule has 3 rings (SSSR count). The van der Waals surface area contributed by atoms with Gasteiger partial charge in [-0.25, -0.2) is 4.39 Å². The SMILES string of the molecule is OC(Cc1ccc(Cl)c(F)c1)c1ccc(C2CC2)cc1. The number of hydrogen-bond acceptors (Lipinski definition) is 1. The average Bonchev–Trinajstić information content (AvgIpc) is 3.28. The Kier molecular flexibility index (Phi) is 3.77. The van der Waals surface area contributed by atoms with E-state index in [4.69, 9.17) is 11.6 Å². The Morgan fingerprint density at radius 2 is 1.85 bits per heavy atom. The summed E-state index contributed by atoms with van der Waals surface area (Å²) >= 11 is 5.65. The lowest BCUT2D eigenvalue weighted by Crippen LogP contribution is -2.02. The molecule has 0 saturated heterocycles. The lowest BCUT2D eigenvalue weighted by atomic mass is 9.99. The second-order valence-corrected chi connectivity index (χ2v) is 5.82. The van der Waals surface area contributed by atoms with Gasteiger partial charge in [-0.2, -0.15) is 0 Å². The zero-order valence-electron chi connectivity index (χ0n) is 11.0. The number of aliphatic hydroxyl groups excluding tert-OH is 1. The third kappa shape index (κ3) is 3.02. The topological polar surface area (TPSA) is 20.2 Å². The van der Waals surface area contributed by atoms with E-state index in [0.717, 1.165) is 11.1 Å². The summed E-state index contributed by atoms with van der Waals surface area (Å²) in [5.41, 5.74) is 2.95. The third-order valence-electron chi connectivity index (χ3n) is 3.78. The van der Waals surface area contributed by atoms with Gasteiger partial charge in [-0.1, -0.05) is 41.9 Å². The maximum atomic E-state index is 13.4. The molecule has 0 heterocycles. The molecule has 2 aromatic carbocycles. The maximum Gasteiger partial charge on any atom is 0.142 e. The zero-order chi connectivity index (χ0) is 14.1. The largest absolute Gasteiger partial charge is 0.388 e. The molecule has 104 valence electrons. The highest BCUT2D eigenvalue weighted by Gasteiger charge is 2.23. The average molecular weight is 291 g/mol.